The fourth-order valence-electron chi connectivity index (χ4n) is 1.16. The summed E-state index contributed by atoms with van der Waals surface area (Å²) < 4.78 is 4.39. The number of nitro benzene ring substituents is 1. The minimum atomic E-state index is -0.854. The van der Waals surface area contributed by atoms with E-state index in [-0.39, 0.29) is 22.4 Å². The van der Waals surface area contributed by atoms with Gasteiger partial charge in [-0.2, -0.15) is 0 Å². The molecule has 0 unspecified atom stereocenters. The lowest BCUT2D eigenvalue weighted by Crippen LogP contribution is -2.08. The number of aldehydes is 1. The molecule has 0 fully saturated rings. The Morgan fingerprint density at radius 1 is 1.56 bits per heavy atom. The quantitative estimate of drug-likeness (QED) is 0.350. The van der Waals surface area contributed by atoms with Gasteiger partial charge in [-0.05, 0) is 6.07 Å². The molecule has 0 aromatic heterocycles. The zero-order valence-corrected chi connectivity index (χ0v) is 8.85. The number of halogens is 1. The molecule has 1 aromatic carbocycles. The van der Waals surface area contributed by atoms with E-state index in [9.17, 15) is 19.7 Å². The number of carbonyl (C=O) groups is 2. The normalized spacial score (nSPS) is 9.62. The number of hydrogen-bond acceptors (Lipinski definition) is 5. The second-order valence-electron chi connectivity index (χ2n) is 2.75. The first-order chi connectivity index (χ1) is 7.51. The van der Waals surface area contributed by atoms with Crippen LogP contribution in [0.3, 0.4) is 0 Å². The molecular weight excluding hydrogens is 238 g/mol. The van der Waals surface area contributed by atoms with Gasteiger partial charge < -0.3 is 4.74 Å². The van der Waals surface area contributed by atoms with E-state index >= 15 is 0 Å². The number of hydrogen-bond donors (Lipinski definition) is 0. The van der Waals surface area contributed by atoms with Crippen molar-refractivity contribution in [1.29, 1.82) is 0 Å². The van der Waals surface area contributed by atoms with Crippen LogP contribution in [-0.4, -0.2) is 24.3 Å². The van der Waals surface area contributed by atoms with Gasteiger partial charge in [-0.25, -0.2) is 4.79 Å². The van der Waals surface area contributed by atoms with E-state index in [1.807, 2.05) is 0 Å². The van der Waals surface area contributed by atoms with Crippen molar-refractivity contribution in [2.24, 2.45) is 0 Å². The van der Waals surface area contributed by atoms with Gasteiger partial charge >= 0.3 is 5.97 Å². The number of rotatable bonds is 3. The summed E-state index contributed by atoms with van der Waals surface area (Å²) in [5.41, 5.74) is -1.10. The summed E-state index contributed by atoms with van der Waals surface area (Å²) in [6, 6.07) is 2.14. The van der Waals surface area contributed by atoms with Gasteiger partial charge in [0, 0.05) is 11.1 Å². The van der Waals surface area contributed by atoms with Crippen LogP contribution in [0.5, 0.6) is 0 Å². The average molecular weight is 244 g/mol. The summed E-state index contributed by atoms with van der Waals surface area (Å²) in [5, 5.41) is 10.6. The maximum Gasteiger partial charge on any atom is 0.338 e. The van der Waals surface area contributed by atoms with Crippen LogP contribution in [0.25, 0.3) is 0 Å². The van der Waals surface area contributed by atoms with Crippen molar-refractivity contribution < 1.29 is 19.2 Å². The molecular formula is C9H6ClNO5. The molecule has 0 heterocycles. The van der Waals surface area contributed by atoms with Crippen LogP contribution in [0, 0.1) is 10.1 Å². The van der Waals surface area contributed by atoms with Gasteiger partial charge in [-0.3, -0.25) is 14.9 Å². The molecule has 0 atom stereocenters. The first-order valence-corrected chi connectivity index (χ1v) is 4.40. The number of nitro groups is 1. The largest absolute Gasteiger partial charge is 0.465 e. The summed E-state index contributed by atoms with van der Waals surface area (Å²) in [6.45, 7) is 0. The molecule has 84 valence electrons. The Bertz CT molecular complexity index is 471. The van der Waals surface area contributed by atoms with Gasteiger partial charge in [0.25, 0.3) is 5.69 Å². The lowest BCUT2D eigenvalue weighted by Gasteiger charge is -2.04. The topological polar surface area (TPSA) is 86.5 Å². The molecule has 16 heavy (non-hydrogen) atoms. The predicted molar refractivity (Wildman–Crippen MR) is 54.8 cm³/mol. The van der Waals surface area contributed by atoms with Gasteiger partial charge in [-0.1, -0.05) is 11.6 Å². The van der Waals surface area contributed by atoms with Crippen molar-refractivity contribution in [3.63, 3.8) is 0 Å². The monoisotopic (exact) mass is 243 g/mol. The van der Waals surface area contributed by atoms with Crippen molar-refractivity contribution in [2.75, 3.05) is 7.11 Å². The highest BCUT2D eigenvalue weighted by Gasteiger charge is 2.23. The zero-order valence-electron chi connectivity index (χ0n) is 8.10. The van der Waals surface area contributed by atoms with Crippen LogP contribution in [0.2, 0.25) is 5.02 Å². The number of methoxy groups -OCH3 is 1. The molecule has 0 amide bonds. The molecule has 0 bridgehead atoms. The molecule has 1 rings (SSSR count). The SMILES string of the molecule is COC(=O)c1cc(Cl)cc([N+](=O)[O-])c1C=O. The molecule has 0 aliphatic rings. The highest BCUT2D eigenvalue weighted by molar-refractivity contribution is 6.31. The number of benzene rings is 1. The van der Waals surface area contributed by atoms with E-state index < -0.39 is 16.6 Å². The molecule has 0 aliphatic carbocycles. The first kappa shape index (κ1) is 12.1. The van der Waals surface area contributed by atoms with Crippen molar-refractivity contribution >= 4 is 29.5 Å². The average Bonchev–Trinajstić information content (AvgIpc) is 2.26. The Labute approximate surface area is 94.9 Å². The predicted octanol–water partition coefficient (Wildman–Crippen LogP) is 1.85. The van der Waals surface area contributed by atoms with Crippen molar-refractivity contribution in [1.82, 2.24) is 0 Å². The van der Waals surface area contributed by atoms with Crippen LogP contribution < -0.4 is 0 Å². The molecule has 0 saturated carbocycles. The fraction of sp³-hybridized carbons (Fsp3) is 0.111. The maximum atomic E-state index is 11.3. The maximum absolute atomic E-state index is 11.3. The Morgan fingerprint density at radius 2 is 2.19 bits per heavy atom. The Kier molecular flexibility index (Phi) is 3.57. The van der Waals surface area contributed by atoms with Crippen molar-refractivity contribution in [3.05, 3.63) is 38.4 Å². The molecule has 1 aromatic rings. The molecule has 7 heteroatoms. The number of nitrogens with zero attached hydrogens (tertiary/aromatic N) is 1. The van der Waals surface area contributed by atoms with Gasteiger partial charge in [0.15, 0.2) is 6.29 Å². The van der Waals surface area contributed by atoms with Crippen LogP contribution in [-0.2, 0) is 4.74 Å². The highest BCUT2D eigenvalue weighted by atomic mass is 35.5. The molecule has 0 radical (unpaired) electrons. The third kappa shape index (κ3) is 2.17. The van der Waals surface area contributed by atoms with Crippen LogP contribution in [0.15, 0.2) is 12.1 Å². The molecule has 0 aliphatic heterocycles. The number of esters is 1. The second kappa shape index (κ2) is 4.71. The molecule has 0 spiro atoms. The summed E-state index contributed by atoms with van der Waals surface area (Å²) in [4.78, 5) is 31.8. The third-order valence-corrected chi connectivity index (χ3v) is 2.06. The lowest BCUT2D eigenvalue weighted by molar-refractivity contribution is -0.385. The first-order valence-electron chi connectivity index (χ1n) is 4.02. The van der Waals surface area contributed by atoms with Crippen LogP contribution >= 0.6 is 11.6 Å². The summed E-state index contributed by atoms with van der Waals surface area (Å²) >= 11 is 5.60. The van der Waals surface area contributed by atoms with E-state index in [1.54, 1.807) is 0 Å². The summed E-state index contributed by atoms with van der Waals surface area (Å²) in [6.07, 6.45) is 0.223. The van der Waals surface area contributed by atoms with Crippen molar-refractivity contribution in [2.45, 2.75) is 0 Å². The van der Waals surface area contributed by atoms with Gasteiger partial charge in [-0.15, -0.1) is 0 Å². The Balaban J connectivity index is 3.54. The van der Waals surface area contributed by atoms with Crippen LogP contribution in [0.1, 0.15) is 20.7 Å². The Morgan fingerprint density at radius 3 is 2.62 bits per heavy atom. The second-order valence-corrected chi connectivity index (χ2v) is 3.19. The van der Waals surface area contributed by atoms with Gasteiger partial charge in [0.2, 0.25) is 0 Å². The van der Waals surface area contributed by atoms with Crippen LogP contribution in [0.4, 0.5) is 5.69 Å². The summed E-state index contributed by atoms with van der Waals surface area (Å²) in [5.74, 6) is -0.854. The lowest BCUT2D eigenvalue weighted by atomic mass is 10.1. The van der Waals surface area contributed by atoms with E-state index in [0.29, 0.717) is 0 Å². The zero-order chi connectivity index (χ0) is 12.3. The van der Waals surface area contributed by atoms with E-state index in [2.05, 4.69) is 4.74 Å². The van der Waals surface area contributed by atoms with Crippen molar-refractivity contribution in [3.8, 4) is 0 Å². The third-order valence-electron chi connectivity index (χ3n) is 1.84. The number of ether oxygens (including phenoxy) is 1. The minimum Gasteiger partial charge on any atom is -0.465 e. The summed E-state index contributed by atoms with van der Waals surface area (Å²) in [7, 11) is 1.10. The highest BCUT2D eigenvalue weighted by Crippen LogP contribution is 2.26. The molecule has 6 nitrogen and oxygen atoms in total. The Hall–Kier alpha value is -1.95. The fourth-order valence-corrected chi connectivity index (χ4v) is 1.37. The smallest absolute Gasteiger partial charge is 0.338 e. The van der Waals surface area contributed by atoms with E-state index in [4.69, 9.17) is 11.6 Å². The van der Waals surface area contributed by atoms with Gasteiger partial charge in [0.1, 0.15) is 5.56 Å². The molecule has 0 saturated heterocycles. The molecule has 0 N–H and O–H groups in total. The minimum absolute atomic E-state index is 0.0160. The van der Waals surface area contributed by atoms with Gasteiger partial charge in [0.05, 0.1) is 17.6 Å². The van der Waals surface area contributed by atoms with E-state index in [0.717, 1.165) is 19.2 Å². The number of carbonyl (C=O) groups excluding carboxylic acids is 2. The van der Waals surface area contributed by atoms with E-state index in [1.165, 1.54) is 0 Å². The standard InChI is InChI=1S/C9H6ClNO5/c1-16-9(13)6-2-5(10)3-8(11(14)15)7(6)4-12/h2-4H,1H3.